The summed E-state index contributed by atoms with van der Waals surface area (Å²) in [5.74, 6) is 0. The molecule has 0 saturated heterocycles. The number of benzene rings is 1. The number of rotatable bonds is 3. The van der Waals surface area contributed by atoms with Gasteiger partial charge in [-0.05, 0) is 23.5 Å². The predicted molar refractivity (Wildman–Crippen MR) is 60.2 cm³/mol. The lowest BCUT2D eigenvalue weighted by Gasteiger charge is -2.07. The molecule has 2 nitrogen and oxygen atoms in total. The van der Waals surface area contributed by atoms with E-state index in [0.717, 1.165) is 17.7 Å². The summed E-state index contributed by atoms with van der Waals surface area (Å²) in [6.45, 7) is 5.33. The molecule has 0 spiro atoms. The first-order valence-corrected chi connectivity index (χ1v) is 5.35. The van der Waals surface area contributed by atoms with E-state index in [0.29, 0.717) is 11.5 Å². The molecule has 78 valence electrons. The predicted octanol–water partition coefficient (Wildman–Crippen LogP) is 2.45. The van der Waals surface area contributed by atoms with Gasteiger partial charge in [0, 0.05) is 12.6 Å². The molecule has 2 heteroatoms. The highest BCUT2D eigenvalue weighted by Gasteiger charge is 2.44. The quantitative estimate of drug-likeness (QED) is 0.813. The van der Waals surface area contributed by atoms with E-state index in [9.17, 15) is 0 Å². The SMILES string of the molecule is CC1(C)CC1NCc1ccccc1C#N. The highest BCUT2D eigenvalue weighted by molar-refractivity contribution is 5.37. The third-order valence-electron chi connectivity index (χ3n) is 3.19. The highest BCUT2D eigenvalue weighted by atomic mass is 15.0. The maximum absolute atomic E-state index is 8.92. The van der Waals surface area contributed by atoms with Gasteiger partial charge in [-0.15, -0.1) is 0 Å². The van der Waals surface area contributed by atoms with Crippen LogP contribution in [0.25, 0.3) is 0 Å². The second kappa shape index (κ2) is 3.67. The molecule has 1 fully saturated rings. The summed E-state index contributed by atoms with van der Waals surface area (Å²) in [6, 6.07) is 10.6. The lowest BCUT2D eigenvalue weighted by molar-refractivity contribution is 0.542. The van der Waals surface area contributed by atoms with Crippen LogP contribution in [0.4, 0.5) is 0 Å². The van der Waals surface area contributed by atoms with E-state index in [1.54, 1.807) is 0 Å². The van der Waals surface area contributed by atoms with Crippen LogP contribution in [0, 0.1) is 16.7 Å². The molecule has 0 radical (unpaired) electrons. The normalized spacial score (nSPS) is 22.1. The molecule has 0 amide bonds. The molecular weight excluding hydrogens is 184 g/mol. The van der Waals surface area contributed by atoms with Gasteiger partial charge in [0.25, 0.3) is 0 Å². The van der Waals surface area contributed by atoms with E-state index in [2.05, 4.69) is 25.2 Å². The molecule has 0 aliphatic heterocycles. The minimum Gasteiger partial charge on any atom is -0.309 e. The monoisotopic (exact) mass is 200 g/mol. The van der Waals surface area contributed by atoms with Crippen LogP contribution in [-0.2, 0) is 6.54 Å². The summed E-state index contributed by atoms with van der Waals surface area (Å²) in [4.78, 5) is 0. The summed E-state index contributed by atoms with van der Waals surface area (Å²) < 4.78 is 0. The van der Waals surface area contributed by atoms with Crippen molar-refractivity contribution in [2.75, 3.05) is 0 Å². The van der Waals surface area contributed by atoms with Crippen molar-refractivity contribution in [3.63, 3.8) is 0 Å². The summed E-state index contributed by atoms with van der Waals surface area (Å²) in [5, 5.41) is 12.4. The van der Waals surface area contributed by atoms with Crippen LogP contribution in [0.3, 0.4) is 0 Å². The standard InChI is InChI=1S/C13H16N2/c1-13(2)7-12(13)15-9-11-6-4-3-5-10(11)8-14/h3-6,12,15H,7,9H2,1-2H3. The zero-order valence-corrected chi connectivity index (χ0v) is 9.25. The van der Waals surface area contributed by atoms with Crippen molar-refractivity contribution in [1.29, 1.82) is 5.26 Å². The van der Waals surface area contributed by atoms with Gasteiger partial charge in [-0.2, -0.15) is 5.26 Å². The van der Waals surface area contributed by atoms with Crippen molar-refractivity contribution in [3.05, 3.63) is 35.4 Å². The number of hydrogen-bond donors (Lipinski definition) is 1. The summed E-state index contributed by atoms with van der Waals surface area (Å²) in [6.07, 6.45) is 1.24. The highest BCUT2D eigenvalue weighted by Crippen LogP contribution is 2.44. The Morgan fingerprint density at radius 2 is 2.13 bits per heavy atom. The smallest absolute Gasteiger partial charge is 0.0995 e. The summed E-state index contributed by atoms with van der Waals surface area (Å²) >= 11 is 0. The molecule has 1 saturated carbocycles. The van der Waals surface area contributed by atoms with Crippen molar-refractivity contribution in [1.82, 2.24) is 5.32 Å². The second-order valence-corrected chi connectivity index (χ2v) is 4.90. The molecule has 15 heavy (non-hydrogen) atoms. The van der Waals surface area contributed by atoms with Crippen LogP contribution in [-0.4, -0.2) is 6.04 Å². The molecular formula is C13H16N2. The zero-order chi connectivity index (χ0) is 10.9. The van der Waals surface area contributed by atoms with E-state index in [1.807, 2.05) is 24.3 Å². The van der Waals surface area contributed by atoms with Gasteiger partial charge in [-0.3, -0.25) is 0 Å². The zero-order valence-electron chi connectivity index (χ0n) is 9.25. The van der Waals surface area contributed by atoms with E-state index in [4.69, 9.17) is 5.26 Å². The Hall–Kier alpha value is -1.33. The molecule has 1 aromatic carbocycles. The fraction of sp³-hybridized carbons (Fsp3) is 0.462. The number of nitrogens with zero attached hydrogens (tertiary/aromatic N) is 1. The van der Waals surface area contributed by atoms with Crippen LogP contribution in [0.2, 0.25) is 0 Å². The molecule has 1 aromatic rings. The first-order chi connectivity index (χ1) is 7.13. The van der Waals surface area contributed by atoms with Gasteiger partial charge in [-0.1, -0.05) is 32.0 Å². The average Bonchev–Trinajstić information content (AvgIpc) is 2.84. The second-order valence-electron chi connectivity index (χ2n) is 4.90. The fourth-order valence-electron chi connectivity index (χ4n) is 1.83. The molecule has 1 unspecified atom stereocenters. The Bertz CT molecular complexity index is 401. The molecule has 1 aliphatic rings. The van der Waals surface area contributed by atoms with E-state index >= 15 is 0 Å². The van der Waals surface area contributed by atoms with Crippen molar-refractivity contribution in [2.45, 2.75) is 32.9 Å². The van der Waals surface area contributed by atoms with Gasteiger partial charge >= 0.3 is 0 Å². The molecule has 0 bridgehead atoms. The van der Waals surface area contributed by atoms with Crippen LogP contribution >= 0.6 is 0 Å². The number of nitrogens with one attached hydrogen (secondary N) is 1. The van der Waals surface area contributed by atoms with Crippen molar-refractivity contribution >= 4 is 0 Å². The molecule has 0 heterocycles. The number of hydrogen-bond acceptors (Lipinski definition) is 2. The van der Waals surface area contributed by atoms with Gasteiger partial charge in [0.15, 0.2) is 0 Å². The topological polar surface area (TPSA) is 35.8 Å². The summed E-state index contributed by atoms with van der Waals surface area (Å²) in [5.41, 5.74) is 2.33. The maximum atomic E-state index is 8.92. The van der Waals surface area contributed by atoms with E-state index in [-0.39, 0.29) is 0 Å². The Labute approximate surface area is 90.9 Å². The van der Waals surface area contributed by atoms with Crippen molar-refractivity contribution in [2.24, 2.45) is 5.41 Å². The van der Waals surface area contributed by atoms with Crippen molar-refractivity contribution in [3.8, 4) is 6.07 Å². The maximum Gasteiger partial charge on any atom is 0.0995 e. The largest absolute Gasteiger partial charge is 0.309 e. The Morgan fingerprint density at radius 1 is 1.47 bits per heavy atom. The fourth-order valence-corrected chi connectivity index (χ4v) is 1.83. The molecule has 2 rings (SSSR count). The molecule has 1 N–H and O–H groups in total. The molecule has 0 aromatic heterocycles. The molecule has 1 aliphatic carbocycles. The van der Waals surface area contributed by atoms with Crippen LogP contribution < -0.4 is 5.32 Å². The van der Waals surface area contributed by atoms with Crippen molar-refractivity contribution < 1.29 is 0 Å². The van der Waals surface area contributed by atoms with Gasteiger partial charge in [0.1, 0.15) is 0 Å². The first-order valence-electron chi connectivity index (χ1n) is 5.35. The average molecular weight is 200 g/mol. The van der Waals surface area contributed by atoms with Crippen LogP contribution in [0.1, 0.15) is 31.4 Å². The number of nitriles is 1. The molecule has 1 atom stereocenters. The summed E-state index contributed by atoms with van der Waals surface area (Å²) in [7, 11) is 0. The third-order valence-corrected chi connectivity index (χ3v) is 3.19. The third kappa shape index (κ3) is 2.19. The Morgan fingerprint density at radius 3 is 2.73 bits per heavy atom. The first kappa shape index (κ1) is 10.2. The van der Waals surface area contributed by atoms with E-state index in [1.165, 1.54) is 6.42 Å². The van der Waals surface area contributed by atoms with Gasteiger partial charge in [0.2, 0.25) is 0 Å². The lowest BCUT2D eigenvalue weighted by Crippen LogP contribution is -2.20. The lowest BCUT2D eigenvalue weighted by atomic mass is 10.1. The Kier molecular flexibility index (Phi) is 2.50. The van der Waals surface area contributed by atoms with E-state index < -0.39 is 0 Å². The minimum atomic E-state index is 0.446. The van der Waals surface area contributed by atoms with Crippen LogP contribution in [0.15, 0.2) is 24.3 Å². The van der Waals surface area contributed by atoms with Gasteiger partial charge in [0.05, 0.1) is 11.6 Å². The van der Waals surface area contributed by atoms with Crippen LogP contribution in [0.5, 0.6) is 0 Å². The minimum absolute atomic E-state index is 0.446. The van der Waals surface area contributed by atoms with Gasteiger partial charge in [-0.25, -0.2) is 0 Å². The van der Waals surface area contributed by atoms with Gasteiger partial charge < -0.3 is 5.32 Å². The Balaban J connectivity index is 1.97.